The Morgan fingerprint density at radius 1 is 1.06 bits per heavy atom. The normalized spacial score (nSPS) is 19.7. The molecule has 4 atom stereocenters. The number of para-hydroxylation sites is 2. The average molecular weight is 466 g/mol. The smallest absolute Gasteiger partial charge is 0.246 e. The highest BCUT2D eigenvalue weighted by atomic mass is 16.5. The highest BCUT2D eigenvalue weighted by Crippen LogP contribution is 2.25. The molecule has 34 heavy (non-hydrogen) atoms. The fourth-order valence-corrected chi connectivity index (χ4v) is 3.89. The van der Waals surface area contributed by atoms with Gasteiger partial charge in [0.1, 0.15) is 30.3 Å². The lowest BCUT2D eigenvalue weighted by Crippen LogP contribution is -2.55. The molecule has 0 aliphatic carbocycles. The van der Waals surface area contributed by atoms with E-state index in [1.54, 1.807) is 11.8 Å². The molecule has 0 unspecified atom stereocenters. The number of ether oxygens (including phenoxy) is 2. The molecule has 1 heterocycles. The number of benzene rings is 2. The first-order chi connectivity index (χ1) is 16.3. The second kappa shape index (κ2) is 12.2. The number of hydrogen-bond donors (Lipinski definition) is 2. The van der Waals surface area contributed by atoms with E-state index in [1.807, 2.05) is 86.7 Å². The number of carbonyl (C=O) groups excluding carboxylic acids is 2. The number of carbonyl (C=O) groups is 2. The molecule has 0 saturated carbocycles. The van der Waals surface area contributed by atoms with Gasteiger partial charge in [0.15, 0.2) is 0 Å². The Balaban J connectivity index is 1.72. The molecule has 7 nitrogen and oxygen atoms in total. The van der Waals surface area contributed by atoms with Crippen LogP contribution in [0.5, 0.6) is 11.5 Å². The Bertz CT molecular complexity index is 947. The molecule has 2 aromatic rings. The Kier molecular flexibility index (Phi) is 9.10. The molecular formula is C27H35N3O4. The van der Waals surface area contributed by atoms with E-state index in [1.165, 1.54) is 0 Å². The molecule has 1 fully saturated rings. The fraction of sp³-hybridized carbons (Fsp3) is 0.407. The molecule has 1 saturated heterocycles. The van der Waals surface area contributed by atoms with Crippen LogP contribution in [-0.2, 0) is 9.59 Å². The summed E-state index contributed by atoms with van der Waals surface area (Å²) < 4.78 is 11.9. The van der Waals surface area contributed by atoms with Gasteiger partial charge in [-0.2, -0.15) is 0 Å². The molecule has 1 aliphatic rings. The van der Waals surface area contributed by atoms with Crippen LogP contribution in [0.3, 0.4) is 0 Å². The first-order valence-corrected chi connectivity index (χ1v) is 11.8. The minimum Gasteiger partial charge on any atom is -0.490 e. The summed E-state index contributed by atoms with van der Waals surface area (Å²) in [6.07, 6.45) is 4.40. The molecule has 2 amide bonds. The number of nitrogens with zero attached hydrogens (tertiary/aromatic N) is 1. The number of likely N-dealkylation sites (tertiary alicyclic amines) is 1. The van der Waals surface area contributed by atoms with Gasteiger partial charge in [0.25, 0.3) is 0 Å². The molecule has 3 N–H and O–H groups in total. The number of nitrogens with one attached hydrogen (secondary N) is 1. The third-order valence-corrected chi connectivity index (χ3v) is 5.73. The zero-order chi connectivity index (χ0) is 24.5. The van der Waals surface area contributed by atoms with E-state index in [0.29, 0.717) is 19.6 Å². The first kappa shape index (κ1) is 25.3. The van der Waals surface area contributed by atoms with E-state index in [4.69, 9.17) is 15.2 Å². The van der Waals surface area contributed by atoms with Gasteiger partial charge in [-0.05, 0) is 43.2 Å². The van der Waals surface area contributed by atoms with Crippen LogP contribution in [0.2, 0.25) is 0 Å². The third-order valence-electron chi connectivity index (χ3n) is 5.73. The Morgan fingerprint density at radius 2 is 1.68 bits per heavy atom. The lowest BCUT2D eigenvalue weighted by molar-refractivity contribution is -0.138. The van der Waals surface area contributed by atoms with Crippen molar-refractivity contribution in [1.82, 2.24) is 10.2 Å². The van der Waals surface area contributed by atoms with Gasteiger partial charge in [-0.25, -0.2) is 0 Å². The van der Waals surface area contributed by atoms with E-state index < -0.39 is 12.1 Å². The van der Waals surface area contributed by atoms with Gasteiger partial charge >= 0.3 is 0 Å². The largest absolute Gasteiger partial charge is 0.490 e. The van der Waals surface area contributed by atoms with Crippen molar-refractivity contribution in [3.63, 3.8) is 0 Å². The van der Waals surface area contributed by atoms with Crippen LogP contribution in [0.25, 0.3) is 0 Å². The van der Waals surface area contributed by atoms with Gasteiger partial charge in [-0.1, -0.05) is 56.3 Å². The van der Waals surface area contributed by atoms with Crippen molar-refractivity contribution in [3.05, 3.63) is 72.8 Å². The maximum Gasteiger partial charge on any atom is 0.246 e. The summed E-state index contributed by atoms with van der Waals surface area (Å²) in [6.45, 7) is 6.25. The van der Waals surface area contributed by atoms with Crippen molar-refractivity contribution in [1.29, 1.82) is 0 Å². The van der Waals surface area contributed by atoms with Crippen molar-refractivity contribution in [2.75, 3.05) is 13.2 Å². The van der Waals surface area contributed by atoms with Crippen molar-refractivity contribution < 1.29 is 19.1 Å². The predicted octanol–water partition coefficient (Wildman–Crippen LogP) is 3.16. The Hall–Kier alpha value is -3.32. The van der Waals surface area contributed by atoms with Crippen molar-refractivity contribution in [2.45, 2.75) is 51.4 Å². The molecule has 3 rings (SSSR count). The molecule has 7 heteroatoms. The summed E-state index contributed by atoms with van der Waals surface area (Å²) in [5, 5.41) is 2.82. The number of hydrogen-bond acceptors (Lipinski definition) is 5. The molecule has 1 aliphatic heterocycles. The van der Waals surface area contributed by atoms with Crippen LogP contribution in [0.4, 0.5) is 0 Å². The van der Waals surface area contributed by atoms with Crippen molar-refractivity contribution in [3.8, 4) is 11.5 Å². The highest BCUT2D eigenvalue weighted by molar-refractivity contribution is 5.90. The molecular weight excluding hydrogens is 430 g/mol. The molecule has 0 spiro atoms. The minimum atomic E-state index is -0.687. The zero-order valence-corrected chi connectivity index (χ0v) is 20.1. The molecule has 0 aromatic heterocycles. The summed E-state index contributed by atoms with van der Waals surface area (Å²) in [7, 11) is 0. The topological polar surface area (TPSA) is 93.9 Å². The maximum atomic E-state index is 13.6. The minimum absolute atomic E-state index is 0.0877. The standard InChI is InChI=1S/C27H35N3O4/c1-19(2)25(29-26(31)20(3)28)27(32)30-18-24(34-23-14-8-5-9-15-23)17-21(30)11-10-16-33-22-12-6-4-7-13-22/h4-15,19-21,24-25H,16-18,28H2,1-3H3,(H,29,31)/b11-10+/t20-,21+,24-,25-/m0/s1. The van der Waals surface area contributed by atoms with Crippen LogP contribution >= 0.6 is 0 Å². The van der Waals surface area contributed by atoms with Gasteiger partial charge in [0.05, 0.1) is 18.6 Å². The van der Waals surface area contributed by atoms with Crippen LogP contribution in [0, 0.1) is 5.92 Å². The monoisotopic (exact) mass is 465 g/mol. The van der Waals surface area contributed by atoms with Gasteiger partial charge < -0.3 is 25.4 Å². The van der Waals surface area contributed by atoms with Crippen molar-refractivity contribution >= 4 is 11.8 Å². The van der Waals surface area contributed by atoms with Gasteiger partial charge in [-0.3, -0.25) is 9.59 Å². The fourth-order valence-electron chi connectivity index (χ4n) is 3.89. The summed E-state index contributed by atoms with van der Waals surface area (Å²) in [5.74, 6) is 0.988. The SMILES string of the molecule is CC(C)[C@H](NC(=O)[C@H](C)N)C(=O)N1C[C@@H](Oc2ccccc2)C[C@H]1/C=C/COc1ccccc1. The molecule has 182 valence electrons. The Labute approximate surface area is 201 Å². The Morgan fingerprint density at radius 3 is 2.26 bits per heavy atom. The quantitative estimate of drug-likeness (QED) is 0.526. The summed E-state index contributed by atoms with van der Waals surface area (Å²) >= 11 is 0. The van der Waals surface area contributed by atoms with Crippen LogP contribution in [-0.4, -0.2) is 54.1 Å². The van der Waals surface area contributed by atoms with Crippen molar-refractivity contribution in [2.24, 2.45) is 11.7 Å². The predicted molar refractivity (Wildman–Crippen MR) is 132 cm³/mol. The lowest BCUT2D eigenvalue weighted by atomic mass is 10.0. The molecule has 2 aromatic carbocycles. The first-order valence-electron chi connectivity index (χ1n) is 11.8. The van der Waals surface area contributed by atoms with Gasteiger partial charge in [-0.15, -0.1) is 0 Å². The van der Waals surface area contributed by atoms with E-state index in [2.05, 4.69) is 5.32 Å². The number of rotatable bonds is 10. The lowest BCUT2D eigenvalue weighted by Gasteiger charge is -2.30. The van der Waals surface area contributed by atoms with Gasteiger partial charge in [0.2, 0.25) is 11.8 Å². The zero-order valence-electron chi connectivity index (χ0n) is 20.1. The molecule has 0 bridgehead atoms. The van der Waals surface area contributed by atoms with E-state index in [0.717, 1.165) is 11.5 Å². The van der Waals surface area contributed by atoms with E-state index >= 15 is 0 Å². The van der Waals surface area contributed by atoms with E-state index in [-0.39, 0.29) is 29.9 Å². The molecule has 0 radical (unpaired) electrons. The highest BCUT2D eigenvalue weighted by Gasteiger charge is 2.39. The third kappa shape index (κ3) is 7.09. The number of nitrogens with two attached hydrogens (primary N) is 1. The van der Waals surface area contributed by atoms with Crippen LogP contribution < -0.4 is 20.5 Å². The summed E-state index contributed by atoms with van der Waals surface area (Å²) in [5.41, 5.74) is 5.72. The average Bonchev–Trinajstić information content (AvgIpc) is 3.23. The summed E-state index contributed by atoms with van der Waals surface area (Å²) in [6, 6.07) is 17.6. The second-order valence-electron chi connectivity index (χ2n) is 8.92. The van der Waals surface area contributed by atoms with Crippen LogP contribution in [0.15, 0.2) is 72.8 Å². The second-order valence-corrected chi connectivity index (χ2v) is 8.92. The van der Waals surface area contributed by atoms with Gasteiger partial charge in [0, 0.05) is 6.42 Å². The maximum absolute atomic E-state index is 13.6. The number of amides is 2. The summed E-state index contributed by atoms with van der Waals surface area (Å²) in [4.78, 5) is 27.6. The van der Waals surface area contributed by atoms with E-state index in [9.17, 15) is 9.59 Å². The van der Waals surface area contributed by atoms with Crippen LogP contribution in [0.1, 0.15) is 27.2 Å².